The Kier molecular flexibility index (Phi) is 6.64. The molecule has 0 amide bonds. The summed E-state index contributed by atoms with van der Waals surface area (Å²) in [6.07, 6.45) is 0.848. The van der Waals surface area contributed by atoms with Gasteiger partial charge in [0.15, 0.2) is 23.3 Å². The van der Waals surface area contributed by atoms with Crippen molar-refractivity contribution < 1.29 is 0 Å². The fourth-order valence-electron chi connectivity index (χ4n) is 1.27. The summed E-state index contributed by atoms with van der Waals surface area (Å²) in [5, 5.41) is 30.7. The summed E-state index contributed by atoms with van der Waals surface area (Å²) in [7, 11) is 0. The first kappa shape index (κ1) is 16.9. The van der Waals surface area contributed by atoms with Gasteiger partial charge < -0.3 is 0 Å². The largest absolute Gasteiger partial charge is 0.176 e. The van der Waals surface area contributed by atoms with Crippen molar-refractivity contribution in [2.75, 3.05) is 0 Å². The molecule has 0 bridgehead atoms. The van der Waals surface area contributed by atoms with Crippen LogP contribution >= 0.6 is 0 Å². The fourth-order valence-corrected chi connectivity index (χ4v) is 1.27. The molecular weight excluding hydrogens is 268 g/mol. The van der Waals surface area contributed by atoms with Crippen molar-refractivity contribution in [2.24, 2.45) is 5.92 Å². The molecule has 0 aliphatic rings. The third kappa shape index (κ3) is 6.73. The zero-order valence-electron chi connectivity index (χ0n) is 13.4. The van der Waals surface area contributed by atoms with Crippen LogP contribution in [-0.2, 0) is 6.42 Å². The van der Waals surface area contributed by atoms with Crippen molar-refractivity contribution in [2.45, 2.75) is 53.9 Å². The van der Waals surface area contributed by atoms with E-state index in [-0.39, 0.29) is 0 Å². The first-order chi connectivity index (χ1) is 9.88. The highest BCUT2D eigenvalue weighted by molar-refractivity contribution is 4.86. The lowest BCUT2D eigenvalue weighted by molar-refractivity contribution is 0.592. The lowest BCUT2D eigenvalue weighted by Gasteiger charge is -1.99. The van der Waals surface area contributed by atoms with Gasteiger partial charge in [0.2, 0.25) is 0 Å². The van der Waals surface area contributed by atoms with Gasteiger partial charge in [-0.2, -0.15) is 0 Å². The molecule has 0 spiro atoms. The maximum Gasteiger partial charge on any atom is 0.176 e. The Balaban J connectivity index is 0.000000211. The summed E-state index contributed by atoms with van der Waals surface area (Å²) in [6, 6.07) is 0. The number of aromatic nitrogens is 8. The number of nitrogens with zero attached hydrogens (tertiary/aromatic N) is 8. The van der Waals surface area contributed by atoms with Gasteiger partial charge in [-0.3, -0.25) is 0 Å². The highest BCUT2D eigenvalue weighted by atomic mass is 15.3. The standard InChI is InChI=1S/C7H12N4.C6H10N4/c1-5(2)4-7-10-8-6(3)9-11-7;1-4(2)6-9-7-5(3)8-10-6/h5H,4H2,1-3H3;4H,1-3H3. The minimum Gasteiger partial charge on any atom is -0.132 e. The van der Waals surface area contributed by atoms with Gasteiger partial charge in [-0.05, 0) is 19.8 Å². The topological polar surface area (TPSA) is 103 Å². The molecule has 2 aromatic rings. The summed E-state index contributed by atoms with van der Waals surface area (Å²) in [4.78, 5) is 0. The summed E-state index contributed by atoms with van der Waals surface area (Å²) >= 11 is 0. The SMILES string of the molecule is Cc1nnc(C(C)C)nn1.Cc1nnc(CC(C)C)nn1. The molecule has 21 heavy (non-hydrogen) atoms. The second-order valence-corrected chi connectivity index (χ2v) is 5.42. The first-order valence-corrected chi connectivity index (χ1v) is 6.95. The van der Waals surface area contributed by atoms with Crippen molar-refractivity contribution in [3.63, 3.8) is 0 Å². The summed E-state index contributed by atoms with van der Waals surface area (Å²) in [5.74, 6) is 3.53. The lowest BCUT2D eigenvalue weighted by atomic mass is 10.1. The van der Waals surface area contributed by atoms with Gasteiger partial charge in [-0.25, -0.2) is 0 Å². The molecule has 0 saturated carbocycles. The van der Waals surface area contributed by atoms with Gasteiger partial charge in [0.25, 0.3) is 0 Å². The molecule has 2 heterocycles. The Hall–Kier alpha value is -2.12. The van der Waals surface area contributed by atoms with Crippen LogP contribution in [0.25, 0.3) is 0 Å². The average molecular weight is 290 g/mol. The predicted molar refractivity (Wildman–Crippen MR) is 77.3 cm³/mol. The number of hydrogen-bond donors (Lipinski definition) is 0. The molecule has 0 aliphatic carbocycles. The zero-order chi connectivity index (χ0) is 15.8. The van der Waals surface area contributed by atoms with E-state index in [2.05, 4.69) is 54.6 Å². The number of aryl methyl sites for hydroxylation is 2. The maximum absolute atomic E-state index is 3.89. The number of hydrogen-bond acceptors (Lipinski definition) is 8. The van der Waals surface area contributed by atoms with E-state index in [1.807, 2.05) is 13.8 Å². The monoisotopic (exact) mass is 290 g/mol. The van der Waals surface area contributed by atoms with E-state index in [9.17, 15) is 0 Å². The molecule has 0 saturated heterocycles. The van der Waals surface area contributed by atoms with Gasteiger partial charge in [0, 0.05) is 12.3 Å². The molecule has 2 rings (SSSR count). The van der Waals surface area contributed by atoms with Crippen LogP contribution in [0.5, 0.6) is 0 Å². The lowest BCUT2D eigenvalue weighted by Crippen LogP contribution is -2.05. The molecule has 0 atom stereocenters. The molecular formula is C13H22N8. The van der Waals surface area contributed by atoms with Gasteiger partial charge in [-0.15, -0.1) is 40.8 Å². The van der Waals surface area contributed by atoms with E-state index >= 15 is 0 Å². The minimum atomic E-state index is 0.306. The molecule has 0 aliphatic heterocycles. The predicted octanol–water partition coefficient (Wildman–Crippen LogP) is 1.47. The zero-order valence-corrected chi connectivity index (χ0v) is 13.4. The van der Waals surface area contributed by atoms with Crippen LogP contribution in [-0.4, -0.2) is 40.8 Å². The fraction of sp³-hybridized carbons (Fsp3) is 0.692. The van der Waals surface area contributed by atoms with Crippen molar-refractivity contribution in [3.8, 4) is 0 Å². The Morgan fingerprint density at radius 2 is 1.10 bits per heavy atom. The highest BCUT2D eigenvalue weighted by Gasteiger charge is 2.02. The average Bonchev–Trinajstić information content (AvgIpc) is 2.42. The summed E-state index contributed by atoms with van der Waals surface area (Å²) in [6.45, 7) is 11.8. The molecule has 8 nitrogen and oxygen atoms in total. The molecule has 0 fully saturated rings. The Labute approximate surface area is 124 Å². The van der Waals surface area contributed by atoms with Gasteiger partial charge in [0.1, 0.15) is 0 Å². The normalized spacial score (nSPS) is 10.5. The Morgan fingerprint density at radius 3 is 1.48 bits per heavy atom. The molecule has 2 aromatic heterocycles. The molecule has 0 aromatic carbocycles. The Morgan fingerprint density at radius 1 is 0.667 bits per heavy atom. The smallest absolute Gasteiger partial charge is 0.132 e. The van der Waals surface area contributed by atoms with Crippen LogP contribution in [0, 0.1) is 19.8 Å². The molecule has 0 N–H and O–H groups in total. The summed E-state index contributed by atoms with van der Waals surface area (Å²) < 4.78 is 0. The van der Waals surface area contributed by atoms with Crippen molar-refractivity contribution >= 4 is 0 Å². The van der Waals surface area contributed by atoms with E-state index in [1.54, 1.807) is 13.8 Å². The van der Waals surface area contributed by atoms with Crippen molar-refractivity contribution in [1.82, 2.24) is 40.8 Å². The maximum atomic E-state index is 3.89. The van der Waals surface area contributed by atoms with Gasteiger partial charge >= 0.3 is 0 Å². The van der Waals surface area contributed by atoms with Crippen LogP contribution in [0.2, 0.25) is 0 Å². The van der Waals surface area contributed by atoms with Gasteiger partial charge in [-0.1, -0.05) is 27.7 Å². The van der Waals surface area contributed by atoms with Crippen LogP contribution < -0.4 is 0 Å². The summed E-state index contributed by atoms with van der Waals surface area (Å²) in [5.41, 5.74) is 0. The molecule has 8 heteroatoms. The van der Waals surface area contributed by atoms with E-state index in [1.165, 1.54) is 0 Å². The molecule has 114 valence electrons. The first-order valence-electron chi connectivity index (χ1n) is 6.95. The van der Waals surface area contributed by atoms with Crippen molar-refractivity contribution in [1.29, 1.82) is 0 Å². The Bertz CT molecular complexity index is 521. The van der Waals surface area contributed by atoms with Crippen LogP contribution in [0.4, 0.5) is 0 Å². The number of rotatable bonds is 3. The molecule has 0 radical (unpaired) electrons. The van der Waals surface area contributed by atoms with Crippen LogP contribution in [0.15, 0.2) is 0 Å². The highest BCUT2D eigenvalue weighted by Crippen LogP contribution is 2.03. The van der Waals surface area contributed by atoms with E-state index in [0.29, 0.717) is 29.3 Å². The van der Waals surface area contributed by atoms with E-state index in [4.69, 9.17) is 0 Å². The minimum absolute atomic E-state index is 0.306. The van der Waals surface area contributed by atoms with Crippen LogP contribution in [0.3, 0.4) is 0 Å². The van der Waals surface area contributed by atoms with Gasteiger partial charge in [0.05, 0.1) is 0 Å². The second-order valence-electron chi connectivity index (χ2n) is 5.42. The third-order valence-electron chi connectivity index (χ3n) is 2.32. The van der Waals surface area contributed by atoms with E-state index in [0.717, 1.165) is 12.2 Å². The quantitative estimate of drug-likeness (QED) is 0.837. The van der Waals surface area contributed by atoms with Crippen LogP contribution in [0.1, 0.15) is 56.9 Å². The second kappa shape index (κ2) is 8.23. The molecule has 0 unspecified atom stereocenters. The third-order valence-corrected chi connectivity index (χ3v) is 2.32. The van der Waals surface area contributed by atoms with Crippen molar-refractivity contribution in [3.05, 3.63) is 23.3 Å². The van der Waals surface area contributed by atoms with E-state index < -0.39 is 0 Å².